The number of hydrogen-bond donors (Lipinski definition) is 2. The maximum atomic E-state index is 12.1. The van der Waals surface area contributed by atoms with Crippen LogP contribution < -0.4 is 15.8 Å². The average Bonchev–Trinajstić information content (AvgIpc) is 3.09. The number of rotatable bonds is 9. The summed E-state index contributed by atoms with van der Waals surface area (Å²) in [6, 6.07) is 7.84. The van der Waals surface area contributed by atoms with Gasteiger partial charge in [-0.1, -0.05) is 13.8 Å². The molecule has 5 nitrogen and oxygen atoms in total. The third-order valence-electron chi connectivity index (χ3n) is 4.35. The standard InChI is InChI=1S/C19H27N3O2S/c1-4-19(20,5-2)13-21-17(23)11-15-12-25-18(22-15)14-7-9-16(10-8-14)24-6-3/h7-10,12H,4-6,11,13,20H2,1-3H3,(H,21,23). The van der Waals surface area contributed by atoms with Crippen LogP contribution in [0, 0.1) is 0 Å². The average molecular weight is 362 g/mol. The summed E-state index contributed by atoms with van der Waals surface area (Å²) in [5, 5.41) is 5.76. The quantitative estimate of drug-likeness (QED) is 0.718. The highest BCUT2D eigenvalue weighted by atomic mass is 32.1. The molecule has 1 aromatic heterocycles. The van der Waals surface area contributed by atoms with Crippen molar-refractivity contribution < 1.29 is 9.53 Å². The minimum atomic E-state index is -0.328. The van der Waals surface area contributed by atoms with Gasteiger partial charge in [-0.2, -0.15) is 0 Å². The lowest BCUT2D eigenvalue weighted by Crippen LogP contribution is -2.49. The number of nitrogens with zero attached hydrogens (tertiary/aromatic N) is 1. The van der Waals surface area contributed by atoms with Crippen LogP contribution in [-0.4, -0.2) is 29.6 Å². The van der Waals surface area contributed by atoms with Crippen molar-refractivity contribution in [1.29, 1.82) is 0 Å². The first-order valence-corrected chi connectivity index (χ1v) is 9.60. The predicted molar refractivity (Wildman–Crippen MR) is 103 cm³/mol. The maximum absolute atomic E-state index is 12.1. The van der Waals surface area contributed by atoms with E-state index in [0.717, 1.165) is 34.9 Å². The van der Waals surface area contributed by atoms with Crippen molar-refractivity contribution in [1.82, 2.24) is 10.3 Å². The molecular weight excluding hydrogens is 334 g/mol. The maximum Gasteiger partial charge on any atom is 0.226 e. The summed E-state index contributed by atoms with van der Waals surface area (Å²) >= 11 is 1.54. The van der Waals surface area contributed by atoms with E-state index in [1.54, 1.807) is 0 Å². The number of nitrogens with two attached hydrogens (primary N) is 1. The van der Waals surface area contributed by atoms with Crippen LogP contribution in [0.15, 0.2) is 29.6 Å². The summed E-state index contributed by atoms with van der Waals surface area (Å²) in [6.07, 6.45) is 1.95. The van der Waals surface area contributed by atoms with Gasteiger partial charge in [0.2, 0.25) is 5.91 Å². The van der Waals surface area contributed by atoms with Crippen LogP contribution in [0.1, 0.15) is 39.3 Å². The van der Waals surface area contributed by atoms with Crippen molar-refractivity contribution in [2.45, 2.75) is 45.6 Å². The molecule has 2 aromatic rings. The number of nitrogens with one attached hydrogen (secondary N) is 1. The summed E-state index contributed by atoms with van der Waals surface area (Å²) in [6.45, 7) is 7.19. The second-order valence-electron chi connectivity index (χ2n) is 6.12. The van der Waals surface area contributed by atoms with Crippen LogP contribution >= 0.6 is 11.3 Å². The van der Waals surface area contributed by atoms with Crippen LogP contribution in [0.25, 0.3) is 10.6 Å². The topological polar surface area (TPSA) is 77.2 Å². The Bertz CT molecular complexity index is 678. The minimum Gasteiger partial charge on any atom is -0.494 e. The Labute approximate surface area is 153 Å². The lowest BCUT2D eigenvalue weighted by atomic mass is 9.94. The second kappa shape index (κ2) is 8.97. The molecule has 2 rings (SSSR count). The van der Waals surface area contributed by atoms with Gasteiger partial charge in [0, 0.05) is 23.0 Å². The Morgan fingerprint density at radius 2 is 1.92 bits per heavy atom. The number of carbonyl (C=O) groups excluding carboxylic acids is 1. The van der Waals surface area contributed by atoms with E-state index in [-0.39, 0.29) is 17.9 Å². The van der Waals surface area contributed by atoms with E-state index in [9.17, 15) is 4.79 Å². The first-order valence-electron chi connectivity index (χ1n) is 8.73. The molecule has 25 heavy (non-hydrogen) atoms. The lowest BCUT2D eigenvalue weighted by Gasteiger charge is -2.26. The molecular formula is C19H27N3O2S. The first kappa shape index (κ1) is 19.4. The summed E-state index contributed by atoms with van der Waals surface area (Å²) in [5.41, 5.74) is 7.69. The molecule has 0 aliphatic heterocycles. The van der Waals surface area contributed by atoms with E-state index in [1.807, 2.05) is 50.4 Å². The highest BCUT2D eigenvalue weighted by molar-refractivity contribution is 7.13. The van der Waals surface area contributed by atoms with Crippen molar-refractivity contribution in [3.8, 4) is 16.3 Å². The van der Waals surface area contributed by atoms with Crippen LogP contribution in [0.3, 0.4) is 0 Å². The highest BCUT2D eigenvalue weighted by Gasteiger charge is 2.21. The molecule has 0 unspecified atom stereocenters. The Hall–Kier alpha value is -1.92. The summed E-state index contributed by atoms with van der Waals surface area (Å²) in [7, 11) is 0. The number of benzene rings is 1. The largest absolute Gasteiger partial charge is 0.494 e. The molecule has 1 amide bonds. The fraction of sp³-hybridized carbons (Fsp3) is 0.474. The molecule has 0 aliphatic carbocycles. The summed E-state index contributed by atoms with van der Waals surface area (Å²) in [4.78, 5) is 16.7. The van der Waals surface area contributed by atoms with Crippen LogP contribution in [0.2, 0.25) is 0 Å². The molecule has 0 fully saturated rings. The number of hydrogen-bond acceptors (Lipinski definition) is 5. The third kappa shape index (κ3) is 5.54. The molecule has 1 aromatic carbocycles. The second-order valence-corrected chi connectivity index (χ2v) is 6.98. The van der Waals surface area contributed by atoms with Crippen molar-refractivity contribution >= 4 is 17.2 Å². The van der Waals surface area contributed by atoms with Crippen molar-refractivity contribution in [2.24, 2.45) is 5.73 Å². The van der Waals surface area contributed by atoms with Gasteiger partial charge in [0.15, 0.2) is 0 Å². The van der Waals surface area contributed by atoms with Gasteiger partial charge in [-0.3, -0.25) is 4.79 Å². The highest BCUT2D eigenvalue weighted by Crippen LogP contribution is 2.26. The lowest BCUT2D eigenvalue weighted by molar-refractivity contribution is -0.120. The Morgan fingerprint density at radius 3 is 2.52 bits per heavy atom. The van der Waals surface area contributed by atoms with Gasteiger partial charge < -0.3 is 15.8 Å². The molecule has 0 bridgehead atoms. The molecule has 0 spiro atoms. The molecule has 1 heterocycles. The monoisotopic (exact) mass is 361 g/mol. The van der Waals surface area contributed by atoms with Gasteiger partial charge in [-0.25, -0.2) is 4.98 Å². The van der Waals surface area contributed by atoms with Crippen molar-refractivity contribution in [3.63, 3.8) is 0 Å². The smallest absolute Gasteiger partial charge is 0.226 e. The van der Waals surface area contributed by atoms with Crippen molar-refractivity contribution in [2.75, 3.05) is 13.2 Å². The zero-order valence-corrected chi connectivity index (χ0v) is 16.0. The number of aromatic nitrogens is 1. The normalized spacial score (nSPS) is 11.4. The molecule has 6 heteroatoms. The van der Waals surface area contributed by atoms with Crippen LogP contribution in [0.4, 0.5) is 0 Å². The number of carbonyl (C=O) groups is 1. The molecule has 136 valence electrons. The molecule has 0 atom stereocenters. The number of amides is 1. The Balaban J connectivity index is 1.93. The van der Waals surface area contributed by atoms with E-state index in [4.69, 9.17) is 10.5 Å². The Morgan fingerprint density at radius 1 is 1.24 bits per heavy atom. The van der Waals surface area contributed by atoms with Gasteiger partial charge in [0.05, 0.1) is 18.7 Å². The number of thiazole rings is 1. The van der Waals surface area contributed by atoms with Gasteiger partial charge in [0.25, 0.3) is 0 Å². The molecule has 3 N–H and O–H groups in total. The van der Waals surface area contributed by atoms with E-state index in [1.165, 1.54) is 11.3 Å². The zero-order valence-electron chi connectivity index (χ0n) is 15.2. The number of ether oxygens (including phenoxy) is 1. The van der Waals surface area contributed by atoms with Gasteiger partial charge in [-0.15, -0.1) is 11.3 Å². The van der Waals surface area contributed by atoms with Gasteiger partial charge in [-0.05, 0) is 44.0 Å². The minimum absolute atomic E-state index is 0.0414. The van der Waals surface area contributed by atoms with Gasteiger partial charge in [0.1, 0.15) is 10.8 Å². The molecule has 0 radical (unpaired) electrons. The Kier molecular flexibility index (Phi) is 6.96. The fourth-order valence-corrected chi connectivity index (χ4v) is 3.21. The first-order chi connectivity index (χ1) is 12.0. The van der Waals surface area contributed by atoms with Gasteiger partial charge >= 0.3 is 0 Å². The molecule has 0 saturated heterocycles. The zero-order chi connectivity index (χ0) is 18.3. The summed E-state index contributed by atoms with van der Waals surface area (Å²) in [5.74, 6) is 0.805. The van der Waals surface area contributed by atoms with E-state index in [2.05, 4.69) is 10.3 Å². The van der Waals surface area contributed by atoms with Crippen molar-refractivity contribution in [3.05, 3.63) is 35.3 Å². The van der Waals surface area contributed by atoms with E-state index >= 15 is 0 Å². The van der Waals surface area contributed by atoms with E-state index in [0.29, 0.717) is 13.2 Å². The predicted octanol–water partition coefficient (Wildman–Crippen LogP) is 3.39. The van der Waals surface area contributed by atoms with E-state index < -0.39 is 0 Å². The molecule has 0 saturated carbocycles. The summed E-state index contributed by atoms with van der Waals surface area (Å²) < 4.78 is 5.45. The SMILES string of the molecule is CCOc1ccc(-c2nc(CC(=O)NCC(N)(CC)CC)cs2)cc1. The van der Waals surface area contributed by atoms with Crippen LogP contribution in [-0.2, 0) is 11.2 Å². The fourth-order valence-electron chi connectivity index (χ4n) is 2.38. The third-order valence-corrected chi connectivity index (χ3v) is 5.29. The molecule has 0 aliphatic rings. The van der Waals surface area contributed by atoms with Crippen LogP contribution in [0.5, 0.6) is 5.75 Å².